The molecular formula is C40H37BN2. The number of anilines is 5. The van der Waals surface area contributed by atoms with Gasteiger partial charge in [0.1, 0.15) is 0 Å². The van der Waals surface area contributed by atoms with Gasteiger partial charge in [-0.3, -0.25) is 0 Å². The minimum Gasteiger partial charge on any atom is -0.334 e. The van der Waals surface area contributed by atoms with Crippen molar-refractivity contribution in [1.82, 2.24) is 0 Å². The number of hydrogen-bond donors (Lipinski definition) is 0. The van der Waals surface area contributed by atoms with E-state index in [1.54, 1.807) is 0 Å². The summed E-state index contributed by atoms with van der Waals surface area (Å²) in [4.78, 5) is 5.30. The fourth-order valence-electron chi connectivity index (χ4n) is 9.30. The summed E-state index contributed by atoms with van der Waals surface area (Å²) in [6, 6.07) is 39.6. The van der Waals surface area contributed by atoms with Crippen molar-refractivity contribution in [3.05, 3.63) is 120 Å². The standard InChI is InChI=1S/C40H37BN2/c1-26-12-11-13-28(22-26)42-36-23-27(2)18-19-34(36)41-33-16-7-5-14-30(33)31-24-29(25-37(42)38(31)41)43-35-17-8-6-15-32(35)39(3)20-9-10-21-40(39,43)4/h5-8,11-19,22-25H,9-10,20-21H2,1-4H3. The van der Waals surface area contributed by atoms with E-state index in [0.717, 1.165) is 0 Å². The van der Waals surface area contributed by atoms with Crippen LogP contribution in [0, 0.1) is 13.8 Å². The van der Waals surface area contributed by atoms with Gasteiger partial charge in [0.15, 0.2) is 0 Å². The smallest absolute Gasteiger partial charge is 0.248 e. The third-order valence-electron chi connectivity index (χ3n) is 11.5. The molecule has 1 aliphatic carbocycles. The van der Waals surface area contributed by atoms with Crippen LogP contribution >= 0.6 is 0 Å². The first-order valence-corrected chi connectivity index (χ1v) is 16.0. The molecule has 3 aliphatic heterocycles. The number of rotatable bonds is 2. The lowest BCUT2D eigenvalue weighted by molar-refractivity contribution is 0.195. The zero-order chi connectivity index (χ0) is 29.1. The van der Waals surface area contributed by atoms with Gasteiger partial charge in [0.25, 0.3) is 0 Å². The normalized spacial score (nSPS) is 22.6. The van der Waals surface area contributed by atoms with Gasteiger partial charge in [-0.25, -0.2) is 0 Å². The summed E-state index contributed by atoms with van der Waals surface area (Å²) < 4.78 is 0. The minimum atomic E-state index is 0.0186. The molecule has 0 aromatic heterocycles. The highest BCUT2D eigenvalue weighted by molar-refractivity contribution is 7.01. The Kier molecular flexibility index (Phi) is 5.09. The molecule has 0 saturated heterocycles. The summed E-state index contributed by atoms with van der Waals surface area (Å²) in [6.45, 7) is 9.74. The van der Waals surface area contributed by atoms with E-state index in [-0.39, 0.29) is 17.7 Å². The summed E-state index contributed by atoms with van der Waals surface area (Å²) >= 11 is 0. The van der Waals surface area contributed by atoms with Gasteiger partial charge in [-0.2, -0.15) is 0 Å². The summed E-state index contributed by atoms with van der Waals surface area (Å²) in [5.74, 6) is 0. The van der Waals surface area contributed by atoms with Crippen LogP contribution in [0.5, 0.6) is 0 Å². The van der Waals surface area contributed by atoms with Crippen LogP contribution in [-0.4, -0.2) is 12.3 Å². The van der Waals surface area contributed by atoms with Crippen molar-refractivity contribution in [2.45, 2.75) is 64.3 Å². The summed E-state index contributed by atoms with van der Waals surface area (Å²) in [5.41, 5.74) is 17.9. The van der Waals surface area contributed by atoms with E-state index in [1.807, 2.05) is 0 Å². The second-order valence-corrected chi connectivity index (χ2v) is 13.8. The zero-order valence-electron chi connectivity index (χ0n) is 25.6. The molecular weight excluding hydrogens is 519 g/mol. The Morgan fingerprint density at radius 3 is 2.28 bits per heavy atom. The molecule has 2 atom stereocenters. The van der Waals surface area contributed by atoms with Gasteiger partial charge in [-0.05, 0) is 109 Å². The lowest BCUT2D eigenvalue weighted by atomic mass is 9.37. The van der Waals surface area contributed by atoms with Crippen molar-refractivity contribution in [2.75, 3.05) is 9.80 Å². The van der Waals surface area contributed by atoms with Crippen molar-refractivity contribution in [2.24, 2.45) is 0 Å². The fraction of sp³-hybridized carbons (Fsp3) is 0.250. The molecule has 3 heteroatoms. The maximum Gasteiger partial charge on any atom is 0.248 e. The summed E-state index contributed by atoms with van der Waals surface area (Å²) in [7, 11) is 0. The lowest BCUT2D eigenvalue weighted by Crippen LogP contribution is -2.55. The highest BCUT2D eigenvalue weighted by atomic mass is 15.3. The maximum atomic E-state index is 2.74. The van der Waals surface area contributed by atoms with E-state index in [2.05, 4.69) is 141 Å². The second-order valence-electron chi connectivity index (χ2n) is 13.8. The van der Waals surface area contributed by atoms with Crippen LogP contribution in [-0.2, 0) is 5.41 Å². The molecule has 0 spiro atoms. The van der Waals surface area contributed by atoms with Gasteiger partial charge < -0.3 is 9.80 Å². The quantitative estimate of drug-likeness (QED) is 0.198. The molecule has 1 fully saturated rings. The lowest BCUT2D eigenvalue weighted by Gasteiger charge is -2.50. The number of hydrogen-bond acceptors (Lipinski definition) is 2. The summed E-state index contributed by atoms with van der Waals surface area (Å²) in [6.07, 6.45) is 5.02. The van der Waals surface area contributed by atoms with Gasteiger partial charge >= 0.3 is 0 Å². The first-order chi connectivity index (χ1) is 20.9. The number of benzene rings is 5. The molecule has 3 heterocycles. The molecule has 0 amide bonds. The van der Waals surface area contributed by atoms with Crippen LogP contribution in [0.3, 0.4) is 0 Å². The molecule has 210 valence electrons. The molecule has 0 N–H and O–H groups in total. The van der Waals surface area contributed by atoms with Crippen LogP contribution in [0.2, 0.25) is 0 Å². The Hall–Kier alpha value is -4.24. The van der Waals surface area contributed by atoms with Crippen LogP contribution in [0.15, 0.2) is 103 Å². The fourth-order valence-corrected chi connectivity index (χ4v) is 9.30. The molecule has 0 bridgehead atoms. The first-order valence-electron chi connectivity index (χ1n) is 16.0. The SMILES string of the molecule is Cc1cccc(N2c3cc(C)ccc3B3c4ccccc4-c4cc(N5c6ccccc6C6(C)CCCCC56C)cc2c43)c1. The van der Waals surface area contributed by atoms with Crippen molar-refractivity contribution < 1.29 is 0 Å². The van der Waals surface area contributed by atoms with Gasteiger partial charge in [0, 0.05) is 33.9 Å². The van der Waals surface area contributed by atoms with Crippen LogP contribution in [0.25, 0.3) is 11.1 Å². The highest BCUT2D eigenvalue weighted by Crippen LogP contribution is 2.61. The average molecular weight is 557 g/mol. The molecule has 9 rings (SSSR count). The Bertz CT molecular complexity index is 1980. The molecule has 5 aromatic rings. The van der Waals surface area contributed by atoms with Crippen LogP contribution in [0.4, 0.5) is 28.4 Å². The van der Waals surface area contributed by atoms with Gasteiger partial charge in [0.05, 0.1) is 5.54 Å². The molecule has 0 radical (unpaired) electrons. The third kappa shape index (κ3) is 3.21. The van der Waals surface area contributed by atoms with Gasteiger partial charge in [-0.1, -0.05) is 92.0 Å². The summed E-state index contributed by atoms with van der Waals surface area (Å²) in [5, 5.41) is 0. The van der Waals surface area contributed by atoms with E-state index < -0.39 is 0 Å². The van der Waals surface area contributed by atoms with E-state index in [0.29, 0.717) is 0 Å². The average Bonchev–Trinajstić information content (AvgIpc) is 3.45. The maximum absolute atomic E-state index is 2.74. The monoisotopic (exact) mass is 556 g/mol. The van der Waals surface area contributed by atoms with Crippen molar-refractivity contribution in [1.29, 1.82) is 0 Å². The zero-order valence-corrected chi connectivity index (χ0v) is 25.6. The molecule has 5 aromatic carbocycles. The Labute approximate surface area is 256 Å². The molecule has 4 aliphatic rings. The van der Waals surface area contributed by atoms with Gasteiger partial charge in [0.2, 0.25) is 6.71 Å². The number of aryl methyl sites for hydroxylation is 2. The Morgan fingerprint density at radius 1 is 0.605 bits per heavy atom. The van der Waals surface area contributed by atoms with Crippen molar-refractivity contribution in [3.63, 3.8) is 0 Å². The minimum absolute atomic E-state index is 0.0186. The number of para-hydroxylation sites is 1. The molecule has 2 nitrogen and oxygen atoms in total. The van der Waals surface area contributed by atoms with E-state index >= 15 is 0 Å². The molecule has 2 unspecified atom stereocenters. The third-order valence-corrected chi connectivity index (χ3v) is 11.5. The van der Waals surface area contributed by atoms with E-state index in [9.17, 15) is 0 Å². The predicted molar refractivity (Wildman–Crippen MR) is 183 cm³/mol. The highest BCUT2D eigenvalue weighted by Gasteiger charge is 2.58. The Balaban J connectivity index is 1.37. The van der Waals surface area contributed by atoms with Crippen LogP contribution < -0.4 is 26.2 Å². The second kappa shape index (κ2) is 8.66. The predicted octanol–water partition coefficient (Wildman–Crippen LogP) is 8.33. The number of fused-ring (bicyclic) bond motifs is 8. The van der Waals surface area contributed by atoms with Crippen molar-refractivity contribution in [3.8, 4) is 11.1 Å². The van der Waals surface area contributed by atoms with Gasteiger partial charge in [-0.15, -0.1) is 0 Å². The van der Waals surface area contributed by atoms with E-state index in [1.165, 1.54) is 98.3 Å². The van der Waals surface area contributed by atoms with E-state index in [4.69, 9.17) is 0 Å². The number of nitrogens with zero attached hydrogens (tertiary/aromatic N) is 2. The largest absolute Gasteiger partial charge is 0.334 e. The molecule has 43 heavy (non-hydrogen) atoms. The van der Waals surface area contributed by atoms with Crippen molar-refractivity contribution >= 4 is 51.5 Å². The molecule has 1 saturated carbocycles. The Morgan fingerprint density at radius 2 is 1.40 bits per heavy atom. The first kappa shape index (κ1) is 25.3. The topological polar surface area (TPSA) is 6.48 Å². The van der Waals surface area contributed by atoms with Crippen LogP contribution in [0.1, 0.15) is 56.2 Å².